The number of hydrogen-bond acceptors (Lipinski definition) is 3. The van der Waals surface area contributed by atoms with Gasteiger partial charge in [0.25, 0.3) is 0 Å². The molecule has 0 heterocycles. The molecule has 0 aromatic carbocycles. The van der Waals surface area contributed by atoms with Crippen molar-refractivity contribution in [1.29, 1.82) is 0 Å². The van der Waals surface area contributed by atoms with Crippen molar-refractivity contribution in [2.75, 3.05) is 0 Å². The van der Waals surface area contributed by atoms with E-state index in [1.54, 1.807) is 6.92 Å². The highest BCUT2D eigenvalue weighted by Crippen LogP contribution is 2.22. The van der Waals surface area contributed by atoms with Crippen molar-refractivity contribution in [2.45, 2.75) is 58.8 Å². The SMILES string of the molecule is CC(=O)C(C)CCCC(CCC(=O)O)CCC(=O)O. The maximum absolute atomic E-state index is 11.1. The molecule has 5 heteroatoms. The second kappa shape index (κ2) is 9.53. The van der Waals surface area contributed by atoms with E-state index in [4.69, 9.17) is 10.2 Å². The fraction of sp³-hybridized carbons (Fsp3) is 0.786. The summed E-state index contributed by atoms with van der Waals surface area (Å²) < 4.78 is 0. The predicted octanol–water partition coefficient (Wildman–Crippen LogP) is 2.73. The molecule has 0 fully saturated rings. The summed E-state index contributed by atoms with van der Waals surface area (Å²) in [7, 11) is 0. The number of carbonyl (C=O) groups is 3. The summed E-state index contributed by atoms with van der Waals surface area (Å²) in [5, 5.41) is 17.3. The number of carboxylic acids is 2. The largest absolute Gasteiger partial charge is 0.481 e. The lowest BCUT2D eigenvalue weighted by Crippen LogP contribution is -2.10. The summed E-state index contributed by atoms with van der Waals surface area (Å²) >= 11 is 0. The molecule has 1 unspecified atom stereocenters. The van der Waals surface area contributed by atoms with Crippen LogP contribution in [-0.4, -0.2) is 27.9 Å². The van der Waals surface area contributed by atoms with Crippen molar-refractivity contribution in [3.05, 3.63) is 0 Å². The molecule has 0 amide bonds. The van der Waals surface area contributed by atoms with Gasteiger partial charge in [0.15, 0.2) is 0 Å². The molecule has 0 rings (SSSR count). The Labute approximate surface area is 114 Å². The average molecular weight is 272 g/mol. The Morgan fingerprint density at radius 1 is 0.895 bits per heavy atom. The van der Waals surface area contributed by atoms with Gasteiger partial charge in [0.2, 0.25) is 0 Å². The quantitative estimate of drug-likeness (QED) is 0.603. The molecule has 0 aliphatic heterocycles. The number of ketones is 1. The van der Waals surface area contributed by atoms with Crippen LogP contribution in [0.25, 0.3) is 0 Å². The van der Waals surface area contributed by atoms with Crippen molar-refractivity contribution in [2.24, 2.45) is 11.8 Å². The summed E-state index contributed by atoms with van der Waals surface area (Å²) in [6.07, 6.45) is 3.59. The Kier molecular flexibility index (Phi) is 8.83. The lowest BCUT2D eigenvalue weighted by molar-refractivity contribution is -0.137. The minimum atomic E-state index is -0.850. The Morgan fingerprint density at radius 2 is 1.37 bits per heavy atom. The van der Waals surface area contributed by atoms with Crippen LogP contribution in [0.5, 0.6) is 0 Å². The zero-order valence-corrected chi connectivity index (χ0v) is 11.7. The molecule has 0 saturated carbocycles. The number of aliphatic carboxylic acids is 2. The topological polar surface area (TPSA) is 91.7 Å². The van der Waals surface area contributed by atoms with E-state index in [9.17, 15) is 14.4 Å². The van der Waals surface area contributed by atoms with E-state index in [0.29, 0.717) is 12.8 Å². The fourth-order valence-electron chi connectivity index (χ4n) is 2.00. The molecule has 19 heavy (non-hydrogen) atoms. The predicted molar refractivity (Wildman–Crippen MR) is 70.9 cm³/mol. The molecule has 110 valence electrons. The molecule has 1 atom stereocenters. The van der Waals surface area contributed by atoms with Gasteiger partial charge in [-0.05, 0) is 32.1 Å². The van der Waals surface area contributed by atoms with Crippen LogP contribution in [0.2, 0.25) is 0 Å². The van der Waals surface area contributed by atoms with Crippen molar-refractivity contribution in [1.82, 2.24) is 0 Å². The number of carbonyl (C=O) groups excluding carboxylic acids is 1. The zero-order valence-electron chi connectivity index (χ0n) is 11.7. The van der Waals surface area contributed by atoms with Gasteiger partial charge in [0.1, 0.15) is 5.78 Å². The normalized spacial score (nSPS) is 12.4. The highest BCUT2D eigenvalue weighted by Gasteiger charge is 2.14. The maximum Gasteiger partial charge on any atom is 0.303 e. The molecule has 0 aliphatic carbocycles. The van der Waals surface area contributed by atoms with E-state index in [1.807, 2.05) is 6.92 Å². The van der Waals surface area contributed by atoms with Crippen molar-refractivity contribution in [3.63, 3.8) is 0 Å². The number of carboxylic acid groups (broad SMARTS) is 2. The first-order chi connectivity index (χ1) is 8.82. The van der Waals surface area contributed by atoms with Crippen molar-refractivity contribution >= 4 is 17.7 Å². The van der Waals surface area contributed by atoms with Gasteiger partial charge in [-0.25, -0.2) is 0 Å². The van der Waals surface area contributed by atoms with Crippen molar-refractivity contribution < 1.29 is 24.6 Å². The second-order valence-corrected chi connectivity index (χ2v) is 5.17. The second-order valence-electron chi connectivity index (χ2n) is 5.17. The van der Waals surface area contributed by atoms with E-state index in [-0.39, 0.29) is 30.5 Å². The lowest BCUT2D eigenvalue weighted by atomic mass is 9.90. The minimum Gasteiger partial charge on any atom is -0.481 e. The minimum absolute atomic E-state index is 0.0274. The van der Waals surface area contributed by atoms with E-state index < -0.39 is 11.9 Å². The van der Waals surface area contributed by atoms with E-state index in [1.165, 1.54) is 0 Å². The van der Waals surface area contributed by atoms with Gasteiger partial charge < -0.3 is 10.2 Å². The molecule has 0 spiro atoms. The molecule has 0 saturated heterocycles. The highest BCUT2D eigenvalue weighted by atomic mass is 16.4. The van der Waals surface area contributed by atoms with Gasteiger partial charge in [0.05, 0.1) is 0 Å². The van der Waals surface area contributed by atoms with E-state index >= 15 is 0 Å². The van der Waals surface area contributed by atoms with Crippen LogP contribution in [-0.2, 0) is 14.4 Å². The summed E-state index contributed by atoms with van der Waals surface area (Å²) in [5.74, 6) is -1.39. The summed E-state index contributed by atoms with van der Waals surface area (Å²) in [5.41, 5.74) is 0. The van der Waals surface area contributed by atoms with Crippen molar-refractivity contribution in [3.8, 4) is 0 Å². The van der Waals surface area contributed by atoms with Gasteiger partial charge in [-0.15, -0.1) is 0 Å². The lowest BCUT2D eigenvalue weighted by Gasteiger charge is -2.16. The molecule has 0 bridgehead atoms. The molecular weight excluding hydrogens is 248 g/mol. The van der Waals surface area contributed by atoms with Crippen LogP contribution >= 0.6 is 0 Å². The number of hydrogen-bond donors (Lipinski definition) is 2. The average Bonchev–Trinajstić information content (AvgIpc) is 2.30. The molecule has 0 aromatic heterocycles. The molecule has 0 radical (unpaired) electrons. The Bertz CT molecular complexity index is 293. The van der Waals surface area contributed by atoms with Crippen LogP contribution in [0, 0.1) is 11.8 Å². The Balaban J connectivity index is 4.06. The first-order valence-electron chi connectivity index (χ1n) is 6.77. The van der Waals surface area contributed by atoms with E-state index in [2.05, 4.69) is 0 Å². The summed E-state index contributed by atoms with van der Waals surface area (Å²) in [6, 6.07) is 0. The third-order valence-electron chi connectivity index (χ3n) is 3.48. The van der Waals surface area contributed by atoms with Gasteiger partial charge in [0, 0.05) is 18.8 Å². The van der Waals surface area contributed by atoms with E-state index in [0.717, 1.165) is 19.3 Å². The molecular formula is C14H24O5. The van der Waals surface area contributed by atoms with Crippen LogP contribution in [0.15, 0.2) is 0 Å². The molecule has 5 nitrogen and oxygen atoms in total. The first-order valence-corrected chi connectivity index (χ1v) is 6.77. The molecule has 2 N–H and O–H groups in total. The van der Waals surface area contributed by atoms with Gasteiger partial charge in [-0.2, -0.15) is 0 Å². The standard InChI is InChI=1S/C14H24O5/c1-10(11(2)15)4-3-5-12(6-8-13(16)17)7-9-14(18)19/h10,12H,3-9H2,1-2H3,(H,16,17)(H,18,19). The smallest absolute Gasteiger partial charge is 0.303 e. The first kappa shape index (κ1) is 17.6. The fourth-order valence-corrected chi connectivity index (χ4v) is 2.00. The third kappa shape index (κ3) is 10.2. The van der Waals surface area contributed by atoms with Gasteiger partial charge >= 0.3 is 11.9 Å². The van der Waals surface area contributed by atoms with Crippen LogP contribution in [0.3, 0.4) is 0 Å². The van der Waals surface area contributed by atoms with Crippen LogP contribution < -0.4 is 0 Å². The van der Waals surface area contributed by atoms with Gasteiger partial charge in [-0.3, -0.25) is 14.4 Å². The highest BCUT2D eigenvalue weighted by molar-refractivity contribution is 5.77. The van der Waals surface area contributed by atoms with Crippen LogP contribution in [0.4, 0.5) is 0 Å². The van der Waals surface area contributed by atoms with Crippen LogP contribution in [0.1, 0.15) is 58.8 Å². The number of Topliss-reactive ketones (excluding diaryl/α,β-unsaturated/α-hetero) is 1. The monoisotopic (exact) mass is 272 g/mol. The van der Waals surface area contributed by atoms with Gasteiger partial charge in [-0.1, -0.05) is 19.8 Å². The molecule has 0 aliphatic rings. The zero-order chi connectivity index (χ0) is 14.8. The maximum atomic E-state index is 11.1. The molecule has 0 aromatic rings. The summed E-state index contributed by atoms with van der Waals surface area (Å²) in [4.78, 5) is 32.2. The third-order valence-corrected chi connectivity index (χ3v) is 3.48. The Morgan fingerprint density at radius 3 is 1.74 bits per heavy atom. The Hall–Kier alpha value is -1.39. The number of rotatable bonds is 11. The summed E-state index contributed by atoms with van der Waals surface area (Å²) in [6.45, 7) is 3.45.